The molecule has 0 aromatic carbocycles. The van der Waals surface area contributed by atoms with E-state index in [-0.39, 0.29) is 30.2 Å². The van der Waals surface area contributed by atoms with Crippen LogP contribution in [0.25, 0.3) is 0 Å². The summed E-state index contributed by atoms with van der Waals surface area (Å²) in [6.45, 7) is 0.844. The van der Waals surface area contributed by atoms with Gasteiger partial charge in [0.1, 0.15) is 0 Å². The van der Waals surface area contributed by atoms with Crippen molar-refractivity contribution in [1.82, 2.24) is 9.80 Å². The molecule has 2 heterocycles. The van der Waals surface area contributed by atoms with Crippen molar-refractivity contribution in [1.29, 1.82) is 0 Å². The van der Waals surface area contributed by atoms with Crippen molar-refractivity contribution in [3.63, 3.8) is 0 Å². The van der Waals surface area contributed by atoms with E-state index in [9.17, 15) is 9.59 Å². The Morgan fingerprint density at radius 2 is 2.12 bits per heavy atom. The van der Waals surface area contributed by atoms with Crippen LogP contribution in [0.3, 0.4) is 0 Å². The lowest BCUT2D eigenvalue weighted by atomic mass is 10.1. The summed E-state index contributed by atoms with van der Waals surface area (Å²) >= 11 is 0. The zero-order chi connectivity index (χ0) is 12.0. The lowest BCUT2D eigenvalue weighted by Crippen LogP contribution is -2.56. The zero-order valence-corrected chi connectivity index (χ0v) is 10.1. The maximum Gasteiger partial charge on any atom is 0.322 e. The van der Waals surface area contributed by atoms with Gasteiger partial charge >= 0.3 is 12.0 Å². The minimum Gasteiger partial charge on any atom is -0.441 e. The molecule has 2 saturated heterocycles. The molecule has 0 radical (unpaired) electrons. The van der Waals surface area contributed by atoms with Gasteiger partial charge in [0.2, 0.25) is 0 Å². The highest BCUT2D eigenvalue weighted by atomic mass is 16.6. The van der Waals surface area contributed by atoms with E-state index in [1.165, 1.54) is 0 Å². The highest BCUT2D eigenvalue weighted by Gasteiger charge is 2.43. The van der Waals surface area contributed by atoms with E-state index >= 15 is 0 Å². The van der Waals surface area contributed by atoms with Crippen LogP contribution in [0.2, 0.25) is 0 Å². The van der Waals surface area contributed by atoms with Gasteiger partial charge in [0.15, 0.2) is 6.23 Å². The fourth-order valence-corrected chi connectivity index (χ4v) is 2.73. The third kappa shape index (κ3) is 1.87. The molecule has 0 aromatic rings. The standard InChI is InChI=1S/C12H18N2O3/c1-13-10(17-11(15)8-4-5-8)7-9-3-2-6-14(9)12(13)16/h8-10H,2-7H2,1H3. The third-order valence-corrected chi connectivity index (χ3v) is 3.99. The van der Waals surface area contributed by atoms with Crippen LogP contribution in [-0.2, 0) is 9.53 Å². The molecule has 2 amide bonds. The van der Waals surface area contributed by atoms with Crippen LogP contribution < -0.4 is 0 Å². The van der Waals surface area contributed by atoms with Crippen LogP contribution in [-0.4, -0.2) is 47.7 Å². The molecular weight excluding hydrogens is 220 g/mol. The van der Waals surface area contributed by atoms with E-state index in [2.05, 4.69) is 0 Å². The van der Waals surface area contributed by atoms with Crippen LogP contribution in [0.4, 0.5) is 4.79 Å². The van der Waals surface area contributed by atoms with Gasteiger partial charge in [-0.25, -0.2) is 4.79 Å². The fraction of sp³-hybridized carbons (Fsp3) is 0.833. The summed E-state index contributed by atoms with van der Waals surface area (Å²) < 4.78 is 5.45. The summed E-state index contributed by atoms with van der Waals surface area (Å²) in [5, 5.41) is 0. The third-order valence-electron chi connectivity index (χ3n) is 3.99. The van der Waals surface area contributed by atoms with Crippen molar-refractivity contribution in [2.45, 2.75) is 44.4 Å². The molecule has 3 fully saturated rings. The summed E-state index contributed by atoms with van der Waals surface area (Å²) in [7, 11) is 1.72. The van der Waals surface area contributed by atoms with Crippen molar-refractivity contribution in [2.75, 3.05) is 13.6 Å². The molecule has 17 heavy (non-hydrogen) atoms. The summed E-state index contributed by atoms with van der Waals surface area (Å²) in [5.41, 5.74) is 0. The Bertz CT molecular complexity index is 354. The minimum absolute atomic E-state index is 0.00680. The predicted octanol–water partition coefficient (Wildman–Crippen LogP) is 1.19. The largest absolute Gasteiger partial charge is 0.441 e. The summed E-state index contributed by atoms with van der Waals surface area (Å²) in [6.07, 6.45) is 4.40. The van der Waals surface area contributed by atoms with Crippen LogP contribution in [0.5, 0.6) is 0 Å². The number of esters is 1. The van der Waals surface area contributed by atoms with Crippen molar-refractivity contribution in [3.8, 4) is 0 Å². The van der Waals surface area contributed by atoms with Gasteiger partial charge in [-0.1, -0.05) is 0 Å². The van der Waals surface area contributed by atoms with Gasteiger partial charge in [0, 0.05) is 26.1 Å². The molecule has 0 aromatic heterocycles. The molecule has 0 spiro atoms. The second-order valence-electron chi connectivity index (χ2n) is 5.28. The number of ether oxygens (including phenoxy) is 1. The first kappa shape index (κ1) is 10.9. The molecular formula is C12H18N2O3. The van der Waals surface area contributed by atoms with Crippen LogP contribution in [0, 0.1) is 5.92 Å². The number of nitrogens with zero attached hydrogens (tertiary/aromatic N) is 2. The van der Waals surface area contributed by atoms with Crippen molar-refractivity contribution in [2.24, 2.45) is 5.92 Å². The quantitative estimate of drug-likeness (QED) is 0.679. The smallest absolute Gasteiger partial charge is 0.322 e. The van der Waals surface area contributed by atoms with E-state index < -0.39 is 0 Å². The zero-order valence-electron chi connectivity index (χ0n) is 10.1. The molecule has 2 atom stereocenters. The number of carbonyl (C=O) groups excluding carboxylic acids is 2. The van der Waals surface area contributed by atoms with Crippen molar-refractivity contribution in [3.05, 3.63) is 0 Å². The number of rotatable bonds is 2. The van der Waals surface area contributed by atoms with Gasteiger partial charge in [0.05, 0.1) is 5.92 Å². The van der Waals surface area contributed by atoms with E-state index in [0.717, 1.165) is 38.6 Å². The molecule has 3 rings (SSSR count). The van der Waals surface area contributed by atoms with Gasteiger partial charge in [-0.05, 0) is 25.7 Å². The normalized spacial score (nSPS) is 32.6. The van der Waals surface area contributed by atoms with Gasteiger partial charge < -0.3 is 9.64 Å². The fourth-order valence-electron chi connectivity index (χ4n) is 2.73. The average Bonchev–Trinajstić information content (AvgIpc) is 3.06. The number of fused-ring (bicyclic) bond motifs is 1. The van der Waals surface area contributed by atoms with E-state index in [0.29, 0.717) is 0 Å². The average molecular weight is 238 g/mol. The highest BCUT2D eigenvalue weighted by Crippen LogP contribution is 2.33. The first-order valence-corrected chi connectivity index (χ1v) is 6.41. The summed E-state index contributed by atoms with van der Waals surface area (Å²) in [5.74, 6) is -0.0267. The number of hydrogen-bond acceptors (Lipinski definition) is 3. The van der Waals surface area contributed by atoms with E-state index in [1.54, 1.807) is 11.9 Å². The molecule has 5 nitrogen and oxygen atoms in total. The number of carbonyl (C=O) groups is 2. The second kappa shape index (κ2) is 3.89. The number of hydrogen-bond donors (Lipinski definition) is 0. The number of amides is 2. The molecule has 0 N–H and O–H groups in total. The van der Waals surface area contributed by atoms with Gasteiger partial charge in [-0.2, -0.15) is 0 Å². The highest BCUT2D eigenvalue weighted by molar-refractivity contribution is 5.78. The van der Waals surface area contributed by atoms with E-state index in [1.807, 2.05) is 4.90 Å². The van der Waals surface area contributed by atoms with Crippen LogP contribution in [0.15, 0.2) is 0 Å². The molecule has 2 unspecified atom stereocenters. The molecule has 1 saturated carbocycles. The Hall–Kier alpha value is -1.26. The summed E-state index contributed by atoms with van der Waals surface area (Å²) in [4.78, 5) is 27.2. The molecule has 5 heteroatoms. The maximum atomic E-state index is 12.0. The van der Waals surface area contributed by atoms with Gasteiger partial charge in [-0.15, -0.1) is 0 Å². The molecule has 94 valence electrons. The van der Waals surface area contributed by atoms with E-state index in [4.69, 9.17) is 4.74 Å². The first-order valence-electron chi connectivity index (χ1n) is 6.41. The number of urea groups is 1. The minimum atomic E-state index is -0.352. The van der Waals surface area contributed by atoms with Crippen LogP contribution >= 0.6 is 0 Å². The lowest BCUT2D eigenvalue weighted by molar-refractivity contribution is -0.161. The van der Waals surface area contributed by atoms with Gasteiger partial charge in [-0.3, -0.25) is 9.69 Å². The van der Waals surface area contributed by atoms with Crippen molar-refractivity contribution >= 4 is 12.0 Å². The summed E-state index contributed by atoms with van der Waals surface area (Å²) in [6, 6.07) is 0.281. The monoisotopic (exact) mass is 238 g/mol. The second-order valence-corrected chi connectivity index (χ2v) is 5.28. The Morgan fingerprint density at radius 1 is 1.35 bits per heavy atom. The molecule has 3 aliphatic rings. The Morgan fingerprint density at radius 3 is 2.82 bits per heavy atom. The van der Waals surface area contributed by atoms with Crippen molar-refractivity contribution < 1.29 is 14.3 Å². The molecule has 1 aliphatic carbocycles. The topological polar surface area (TPSA) is 49.9 Å². The molecule has 2 aliphatic heterocycles. The van der Waals surface area contributed by atoms with Gasteiger partial charge in [0.25, 0.3) is 0 Å². The SMILES string of the molecule is CN1C(=O)N2CCCC2CC1OC(=O)C1CC1. The predicted molar refractivity (Wildman–Crippen MR) is 60.1 cm³/mol. The van der Waals surface area contributed by atoms with Crippen LogP contribution in [0.1, 0.15) is 32.1 Å². The Kier molecular flexibility index (Phi) is 2.49. The maximum absolute atomic E-state index is 12.0. The Balaban J connectivity index is 1.67. The Labute approximate surface area is 101 Å². The molecule has 0 bridgehead atoms. The lowest BCUT2D eigenvalue weighted by Gasteiger charge is -2.40. The first-order chi connectivity index (χ1) is 8.16.